The molecule has 38 heavy (non-hydrogen) atoms. The number of aromatic nitrogens is 2. The van der Waals surface area contributed by atoms with Crippen LogP contribution >= 0.6 is 31.8 Å². The number of hydrogen-bond acceptors (Lipinski definition) is 5. The van der Waals surface area contributed by atoms with Gasteiger partial charge in [-0.25, -0.2) is 4.98 Å². The zero-order chi connectivity index (χ0) is 28.0. The smallest absolute Gasteiger partial charge is 0.371 e. The summed E-state index contributed by atoms with van der Waals surface area (Å²) in [5.41, 5.74) is -0.106. The van der Waals surface area contributed by atoms with Crippen LogP contribution in [0.5, 0.6) is 0 Å². The molecular formula is C26H34F3IN5O2P. The van der Waals surface area contributed by atoms with E-state index in [1.54, 1.807) is 29.8 Å². The number of alkyl halides is 4. The number of carbonyl (C=O) groups excluding carboxylic acids is 1. The van der Waals surface area contributed by atoms with Crippen molar-refractivity contribution >= 4 is 43.4 Å². The lowest BCUT2D eigenvalue weighted by molar-refractivity contribution is -0.141. The van der Waals surface area contributed by atoms with Crippen LogP contribution in [0.25, 0.3) is 0 Å². The second-order valence-corrected chi connectivity index (χ2v) is 13.9. The quantitative estimate of drug-likeness (QED) is 0.264. The highest BCUT2D eigenvalue weighted by Crippen LogP contribution is 2.51. The molecule has 1 saturated heterocycles. The lowest BCUT2D eigenvalue weighted by Gasteiger charge is -2.37. The molecule has 1 aliphatic heterocycles. The Bertz CT molecular complexity index is 1260. The van der Waals surface area contributed by atoms with Crippen LogP contribution in [0, 0.1) is 6.92 Å². The van der Waals surface area contributed by atoms with Gasteiger partial charge < -0.3 is 19.7 Å². The molecule has 1 aliphatic carbocycles. The van der Waals surface area contributed by atoms with Gasteiger partial charge in [0.1, 0.15) is 5.69 Å². The van der Waals surface area contributed by atoms with Crippen molar-refractivity contribution in [1.82, 2.24) is 19.8 Å². The second kappa shape index (κ2) is 11.0. The number of anilines is 1. The van der Waals surface area contributed by atoms with E-state index in [1.165, 1.54) is 6.92 Å². The van der Waals surface area contributed by atoms with Crippen molar-refractivity contribution in [2.45, 2.75) is 67.0 Å². The van der Waals surface area contributed by atoms with Crippen LogP contribution in [0.4, 0.5) is 18.9 Å². The van der Waals surface area contributed by atoms with Gasteiger partial charge >= 0.3 is 6.18 Å². The first-order valence-corrected chi connectivity index (χ1v) is 14.6. The Kier molecular flexibility index (Phi) is 8.50. The van der Waals surface area contributed by atoms with Gasteiger partial charge in [-0.2, -0.15) is 13.2 Å². The number of likely N-dealkylation sites (tertiary alicyclic amines) is 1. The highest BCUT2D eigenvalue weighted by molar-refractivity contribution is 14.1. The van der Waals surface area contributed by atoms with Crippen molar-refractivity contribution in [2.24, 2.45) is 0 Å². The molecule has 208 valence electrons. The van der Waals surface area contributed by atoms with Crippen molar-refractivity contribution < 1.29 is 18.0 Å². The van der Waals surface area contributed by atoms with Gasteiger partial charge in [-0.3, -0.25) is 9.59 Å². The molecule has 0 aromatic carbocycles. The summed E-state index contributed by atoms with van der Waals surface area (Å²) in [6.07, 6.45) is 0.526. The van der Waals surface area contributed by atoms with Crippen molar-refractivity contribution in [1.29, 1.82) is 0 Å². The monoisotopic (exact) mass is 663 g/mol. The number of amides is 1. The zero-order valence-corrected chi connectivity index (χ0v) is 25.3. The zero-order valence-electron chi connectivity index (χ0n) is 22.0. The van der Waals surface area contributed by atoms with Crippen LogP contribution < -0.4 is 15.8 Å². The van der Waals surface area contributed by atoms with E-state index < -0.39 is 23.8 Å². The predicted molar refractivity (Wildman–Crippen MR) is 154 cm³/mol. The fourth-order valence-electron chi connectivity index (χ4n) is 5.14. The average Bonchev–Trinajstić information content (AvgIpc) is 3.65. The second-order valence-electron chi connectivity index (χ2n) is 10.6. The molecule has 0 spiro atoms. The van der Waals surface area contributed by atoms with E-state index in [0.29, 0.717) is 16.8 Å². The minimum atomic E-state index is -4.59. The molecule has 3 atom stereocenters. The molecule has 4 rings (SSSR count). The molecule has 2 fully saturated rings. The molecular weight excluding hydrogens is 629 g/mol. The molecule has 2 aliphatic rings. The lowest BCUT2D eigenvalue weighted by atomic mass is 10.0. The van der Waals surface area contributed by atoms with E-state index in [1.807, 2.05) is 11.9 Å². The Hall–Kier alpha value is -1.72. The van der Waals surface area contributed by atoms with E-state index in [-0.39, 0.29) is 26.5 Å². The van der Waals surface area contributed by atoms with Gasteiger partial charge in [-0.05, 0) is 77.4 Å². The first-order chi connectivity index (χ1) is 17.7. The fraction of sp³-hybridized carbons (Fsp3) is 0.577. The third-order valence-corrected chi connectivity index (χ3v) is 9.54. The van der Waals surface area contributed by atoms with Crippen LogP contribution in [0.2, 0.25) is 0 Å². The molecule has 7 nitrogen and oxygen atoms in total. The van der Waals surface area contributed by atoms with E-state index in [0.717, 1.165) is 44.8 Å². The van der Waals surface area contributed by atoms with Crippen molar-refractivity contribution in [3.63, 3.8) is 0 Å². The Balaban J connectivity index is 1.70. The minimum Gasteiger partial charge on any atom is -0.371 e. The number of carbonyl (C=O) groups is 1. The van der Waals surface area contributed by atoms with E-state index in [2.05, 4.69) is 54.1 Å². The molecule has 2 aromatic heterocycles. The Labute approximate surface area is 236 Å². The molecule has 2 unspecified atom stereocenters. The summed E-state index contributed by atoms with van der Waals surface area (Å²) >= 11 is 2.29. The Morgan fingerprint density at radius 3 is 2.45 bits per heavy atom. The molecule has 0 radical (unpaired) electrons. The maximum absolute atomic E-state index is 13.7. The summed E-state index contributed by atoms with van der Waals surface area (Å²) in [5, 5.41) is 2.88. The topological polar surface area (TPSA) is 70.5 Å². The number of aryl methyl sites for hydroxylation is 1. The molecule has 1 saturated carbocycles. The Morgan fingerprint density at radius 1 is 1.26 bits per heavy atom. The molecule has 12 heteroatoms. The fourth-order valence-corrected chi connectivity index (χ4v) is 6.56. The number of pyridine rings is 2. The highest BCUT2D eigenvalue weighted by Gasteiger charge is 2.49. The maximum Gasteiger partial charge on any atom is 0.433 e. The van der Waals surface area contributed by atoms with Gasteiger partial charge in [0, 0.05) is 34.7 Å². The van der Waals surface area contributed by atoms with Crippen LogP contribution in [-0.4, -0.2) is 57.3 Å². The SMILES string of the molecule is Cc1cc([C@H](C)NC(=O)c2cn(C3(C(P)I)CC3)c(=O)cc2N(C)C2CCN(C)CC2)cc(C(F)(F)F)n1. The van der Waals surface area contributed by atoms with Crippen LogP contribution in [-0.2, 0) is 11.7 Å². The summed E-state index contributed by atoms with van der Waals surface area (Å²) in [6.45, 7) is 4.98. The summed E-state index contributed by atoms with van der Waals surface area (Å²) in [6, 6.07) is 3.51. The number of hydrogen-bond donors (Lipinski definition) is 1. The van der Waals surface area contributed by atoms with E-state index in [9.17, 15) is 22.8 Å². The molecule has 1 N–H and O–H groups in total. The van der Waals surface area contributed by atoms with Gasteiger partial charge in [0.25, 0.3) is 11.5 Å². The van der Waals surface area contributed by atoms with Crippen molar-refractivity contribution in [2.75, 3.05) is 32.1 Å². The summed E-state index contributed by atoms with van der Waals surface area (Å²) < 4.78 is 41.8. The van der Waals surface area contributed by atoms with Crippen LogP contribution in [0.1, 0.15) is 66.0 Å². The summed E-state index contributed by atoms with van der Waals surface area (Å²) in [5.74, 6) is -0.436. The first-order valence-electron chi connectivity index (χ1n) is 12.7. The molecule has 1 amide bonds. The summed E-state index contributed by atoms with van der Waals surface area (Å²) in [7, 11) is 6.73. The van der Waals surface area contributed by atoms with Crippen molar-refractivity contribution in [3.05, 3.63) is 57.3 Å². The Morgan fingerprint density at radius 2 is 1.89 bits per heavy atom. The van der Waals surface area contributed by atoms with Crippen molar-refractivity contribution in [3.8, 4) is 0 Å². The molecule has 0 bridgehead atoms. The summed E-state index contributed by atoms with van der Waals surface area (Å²) in [4.78, 5) is 34.9. The third-order valence-electron chi connectivity index (χ3n) is 7.76. The normalized spacial score (nSPS) is 19.6. The molecule has 2 aromatic rings. The lowest BCUT2D eigenvalue weighted by Crippen LogP contribution is -2.44. The largest absolute Gasteiger partial charge is 0.433 e. The van der Waals surface area contributed by atoms with Gasteiger partial charge in [0.2, 0.25) is 0 Å². The highest BCUT2D eigenvalue weighted by atomic mass is 127. The number of halogens is 4. The van der Waals surface area contributed by atoms with Gasteiger partial charge in [-0.15, -0.1) is 9.24 Å². The predicted octanol–water partition coefficient (Wildman–Crippen LogP) is 4.72. The van der Waals surface area contributed by atoms with Gasteiger partial charge in [0.05, 0.1) is 22.8 Å². The number of piperidine rings is 1. The molecule has 3 heterocycles. The average molecular weight is 663 g/mol. The van der Waals surface area contributed by atoms with E-state index in [4.69, 9.17) is 0 Å². The van der Waals surface area contributed by atoms with E-state index >= 15 is 0 Å². The number of rotatable bonds is 7. The minimum absolute atomic E-state index is 0.102. The van der Waals surface area contributed by atoms with Crippen LogP contribution in [0.15, 0.2) is 29.2 Å². The first kappa shape index (κ1) is 29.3. The number of nitrogens with zero attached hydrogens (tertiary/aromatic N) is 4. The van der Waals surface area contributed by atoms with Gasteiger partial charge in [-0.1, -0.05) is 22.6 Å². The standard InChI is InChI=1S/C26H34F3IN5O2P/c1-15-11-17(12-21(31-15)26(27,28)29)16(2)32-23(37)19-14-35(25(7-8-25)24(30)38)22(36)13-20(19)34(4)18-5-9-33(3)10-6-18/h11-14,16,18,24H,5-10,38H2,1-4H3,(H,32,37)/t16-,24?/m0/s1. The van der Waals surface area contributed by atoms with Crippen LogP contribution in [0.3, 0.4) is 0 Å². The maximum atomic E-state index is 13.7. The van der Waals surface area contributed by atoms with Gasteiger partial charge in [0.15, 0.2) is 0 Å². The third kappa shape index (κ3) is 6.04. The number of nitrogens with one attached hydrogen (secondary N) is 1.